The lowest BCUT2D eigenvalue weighted by molar-refractivity contribution is 0.572. The Bertz CT molecular complexity index is 559. The molecule has 1 atom stereocenters. The topological polar surface area (TPSA) is 29.9 Å². The second-order valence-electron chi connectivity index (χ2n) is 4.50. The molecule has 5 heteroatoms. The number of rotatable bonds is 4. The highest BCUT2D eigenvalue weighted by molar-refractivity contribution is 6.31. The van der Waals surface area contributed by atoms with Crippen molar-refractivity contribution in [1.82, 2.24) is 15.1 Å². The first-order valence-electron chi connectivity index (χ1n) is 6.21. The molecule has 0 bridgehead atoms. The first-order valence-corrected chi connectivity index (χ1v) is 6.97. The van der Waals surface area contributed by atoms with Gasteiger partial charge in [-0.2, -0.15) is 5.10 Å². The van der Waals surface area contributed by atoms with Crippen molar-refractivity contribution in [3.05, 3.63) is 51.3 Å². The van der Waals surface area contributed by atoms with Crippen molar-refractivity contribution < 1.29 is 0 Å². The molecule has 0 saturated heterocycles. The maximum atomic E-state index is 6.25. The molecular formula is C14H17Cl2N3. The van der Waals surface area contributed by atoms with E-state index < -0.39 is 0 Å². The lowest BCUT2D eigenvalue weighted by Crippen LogP contribution is -2.24. The number of nitrogens with one attached hydrogen (secondary N) is 1. The molecule has 1 aromatic carbocycles. The third-order valence-corrected chi connectivity index (χ3v) is 3.85. The van der Waals surface area contributed by atoms with Crippen molar-refractivity contribution in [2.45, 2.75) is 19.9 Å². The zero-order valence-electron chi connectivity index (χ0n) is 11.2. The van der Waals surface area contributed by atoms with Crippen molar-refractivity contribution >= 4 is 23.2 Å². The third-order valence-electron chi connectivity index (χ3n) is 3.13. The fourth-order valence-corrected chi connectivity index (χ4v) is 2.56. The Balaban J connectivity index is 2.48. The molecule has 19 heavy (non-hydrogen) atoms. The van der Waals surface area contributed by atoms with Crippen molar-refractivity contribution in [2.75, 3.05) is 6.54 Å². The monoisotopic (exact) mass is 297 g/mol. The Morgan fingerprint density at radius 2 is 2.05 bits per heavy atom. The van der Waals surface area contributed by atoms with Gasteiger partial charge >= 0.3 is 0 Å². The third kappa shape index (κ3) is 2.94. The molecule has 0 aliphatic rings. The van der Waals surface area contributed by atoms with E-state index in [0.29, 0.717) is 5.02 Å². The van der Waals surface area contributed by atoms with E-state index in [1.165, 1.54) is 0 Å². The van der Waals surface area contributed by atoms with E-state index in [1.54, 1.807) is 10.9 Å². The van der Waals surface area contributed by atoms with Crippen LogP contribution in [0.5, 0.6) is 0 Å². The Hall–Kier alpha value is -1.03. The van der Waals surface area contributed by atoms with Crippen LogP contribution in [0.15, 0.2) is 24.4 Å². The molecule has 1 unspecified atom stereocenters. The molecule has 0 saturated carbocycles. The molecule has 0 amide bonds. The zero-order chi connectivity index (χ0) is 14.0. The van der Waals surface area contributed by atoms with Gasteiger partial charge in [-0.15, -0.1) is 0 Å². The zero-order valence-corrected chi connectivity index (χ0v) is 12.8. The van der Waals surface area contributed by atoms with Crippen molar-refractivity contribution in [1.29, 1.82) is 0 Å². The molecule has 0 aliphatic heterocycles. The van der Waals surface area contributed by atoms with E-state index in [4.69, 9.17) is 23.2 Å². The van der Waals surface area contributed by atoms with E-state index in [2.05, 4.69) is 23.4 Å². The molecule has 102 valence electrons. The van der Waals surface area contributed by atoms with Crippen LogP contribution in [0.4, 0.5) is 0 Å². The van der Waals surface area contributed by atoms with Gasteiger partial charge in [-0.1, -0.05) is 42.3 Å². The molecule has 0 radical (unpaired) electrons. The molecule has 2 aromatic rings. The van der Waals surface area contributed by atoms with Crippen LogP contribution in [0.25, 0.3) is 0 Å². The number of halogens is 2. The van der Waals surface area contributed by atoms with Gasteiger partial charge in [0.2, 0.25) is 0 Å². The van der Waals surface area contributed by atoms with Crippen molar-refractivity contribution in [2.24, 2.45) is 7.05 Å². The van der Waals surface area contributed by atoms with Gasteiger partial charge in [0, 0.05) is 12.1 Å². The summed E-state index contributed by atoms with van der Waals surface area (Å²) in [6.45, 7) is 4.91. The number of nitrogens with zero attached hydrogens (tertiary/aromatic N) is 2. The molecule has 3 nitrogen and oxygen atoms in total. The number of hydrogen-bond acceptors (Lipinski definition) is 2. The van der Waals surface area contributed by atoms with Crippen LogP contribution in [0, 0.1) is 6.92 Å². The Morgan fingerprint density at radius 1 is 1.32 bits per heavy atom. The molecule has 1 N–H and O–H groups in total. The minimum atomic E-state index is 0.0148. The highest BCUT2D eigenvalue weighted by atomic mass is 35.5. The molecule has 0 aliphatic carbocycles. The predicted octanol–water partition coefficient (Wildman–Crippen LogP) is 3.73. The fraction of sp³-hybridized carbons (Fsp3) is 0.357. The maximum absolute atomic E-state index is 6.25. The number of benzene rings is 1. The van der Waals surface area contributed by atoms with Crippen LogP contribution < -0.4 is 5.32 Å². The molecular weight excluding hydrogens is 281 g/mol. The number of aromatic nitrogens is 2. The average molecular weight is 298 g/mol. The summed E-state index contributed by atoms with van der Waals surface area (Å²) in [5.74, 6) is 0. The van der Waals surface area contributed by atoms with Gasteiger partial charge in [-0.25, -0.2) is 0 Å². The van der Waals surface area contributed by atoms with E-state index in [9.17, 15) is 0 Å². The van der Waals surface area contributed by atoms with Crippen LogP contribution in [-0.2, 0) is 7.05 Å². The summed E-state index contributed by atoms with van der Waals surface area (Å²) in [5, 5.41) is 9.09. The molecule has 0 spiro atoms. The SMILES string of the molecule is CCNC(c1ccc(Cl)c(C)c1)c1c(Cl)cnn1C. The quantitative estimate of drug-likeness (QED) is 0.932. The van der Waals surface area contributed by atoms with E-state index >= 15 is 0 Å². The smallest absolute Gasteiger partial charge is 0.0837 e. The number of aryl methyl sites for hydroxylation is 2. The van der Waals surface area contributed by atoms with Gasteiger partial charge in [0.25, 0.3) is 0 Å². The summed E-state index contributed by atoms with van der Waals surface area (Å²) in [7, 11) is 1.90. The van der Waals surface area contributed by atoms with E-state index in [1.807, 2.05) is 26.1 Å². The summed E-state index contributed by atoms with van der Waals surface area (Å²) in [4.78, 5) is 0. The van der Waals surface area contributed by atoms with Crippen LogP contribution in [0.2, 0.25) is 10.0 Å². The highest BCUT2D eigenvalue weighted by Gasteiger charge is 2.20. The second-order valence-corrected chi connectivity index (χ2v) is 5.32. The van der Waals surface area contributed by atoms with Crippen LogP contribution in [-0.4, -0.2) is 16.3 Å². The Kier molecular flexibility index (Phi) is 4.50. The lowest BCUT2D eigenvalue weighted by Gasteiger charge is -2.20. The summed E-state index contributed by atoms with van der Waals surface area (Å²) in [6, 6.07) is 6.03. The highest BCUT2D eigenvalue weighted by Crippen LogP contribution is 2.29. The molecule has 1 aromatic heterocycles. The van der Waals surface area contributed by atoms with Crippen molar-refractivity contribution in [3.8, 4) is 0 Å². The lowest BCUT2D eigenvalue weighted by atomic mass is 10.0. The van der Waals surface area contributed by atoms with Gasteiger partial charge < -0.3 is 5.32 Å². The second kappa shape index (κ2) is 5.95. The van der Waals surface area contributed by atoms with E-state index in [0.717, 1.165) is 28.4 Å². The first kappa shape index (κ1) is 14.4. The Morgan fingerprint density at radius 3 is 2.58 bits per heavy atom. The fourth-order valence-electron chi connectivity index (χ4n) is 2.17. The minimum Gasteiger partial charge on any atom is -0.305 e. The van der Waals surface area contributed by atoms with Gasteiger partial charge in [0.1, 0.15) is 0 Å². The van der Waals surface area contributed by atoms with Crippen molar-refractivity contribution in [3.63, 3.8) is 0 Å². The summed E-state index contributed by atoms with van der Waals surface area (Å²) in [6.07, 6.45) is 1.67. The predicted molar refractivity (Wildman–Crippen MR) is 79.9 cm³/mol. The number of hydrogen-bond donors (Lipinski definition) is 1. The van der Waals surface area contributed by atoms with Crippen LogP contribution >= 0.6 is 23.2 Å². The van der Waals surface area contributed by atoms with Crippen LogP contribution in [0.1, 0.15) is 29.8 Å². The normalized spacial score (nSPS) is 12.7. The first-order chi connectivity index (χ1) is 9.04. The van der Waals surface area contributed by atoms with Gasteiger partial charge in [0.05, 0.1) is 23.0 Å². The molecule has 2 rings (SSSR count). The standard InChI is InChI=1S/C14H17Cl2N3/c1-4-17-13(14-12(16)8-18-19(14)3)10-5-6-11(15)9(2)7-10/h5-8,13,17H,4H2,1-3H3. The maximum Gasteiger partial charge on any atom is 0.0837 e. The summed E-state index contributed by atoms with van der Waals surface area (Å²) >= 11 is 12.3. The Labute approximate surface area is 123 Å². The van der Waals surface area contributed by atoms with Gasteiger partial charge in [-0.3, -0.25) is 4.68 Å². The molecule has 0 fully saturated rings. The largest absolute Gasteiger partial charge is 0.305 e. The summed E-state index contributed by atoms with van der Waals surface area (Å²) in [5.41, 5.74) is 3.15. The average Bonchev–Trinajstić information content (AvgIpc) is 2.70. The van der Waals surface area contributed by atoms with E-state index in [-0.39, 0.29) is 6.04 Å². The van der Waals surface area contributed by atoms with Gasteiger partial charge in [-0.05, 0) is 30.7 Å². The minimum absolute atomic E-state index is 0.0148. The molecule has 1 heterocycles. The van der Waals surface area contributed by atoms with Crippen LogP contribution in [0.3, 0.4) is 0 Å². The summed E-state index contributed by atoms with van der Waals surface area (Å²) < 4.78 is 1.81. The van der Waals surface area contributed by atoms with Gasteiger partial charge in [0.15, 0.2) is 0 Å².